The maximum absolute atomic E-state index is 12.9. The maximum Gasteiger partial charge on any atom is 0.519 e. The third-order valence-corrected chi connectivity index (χ3v) is 22.5. The number of carbonyl (C=O) groups is 2. The van der Waals surface area contributed by atoms with E-state index < -0.39 is 31.4 Å². The van der Waals surface area contributed by atoms with Crippen molar-refractivity contribution in [3.05, 3.63) is 113 Å². The molecule has 0 aromatic heterocycles. The van der Waals surface area contributed by atoms with Gasteiger partial charge in [0.1, 0.15) is 5.75 Å². The number of esters is 1. The molecule has 4 aromatic carbocycles. The van der Waals surface area contributed by atoms with E-state index in [1.807, 2.05) is 36.4 Å². The molecule has 59 heavy (non-hydrogen) atoms. The molecule has 1 aliphatic carbocycles. The van der Waals surface area contributed by atoms with Gasteiger partial charge in [0.2, 0.25) is 0 Å². The molecule has 0 unspecified atom stereocenters. The summed E-state index contributed by atoms with van der Waals surface area (Å²) in [4.78, 5) is 24.3. The highest BCUT2D eigenvalue weighted by Gasteiger charge is 2.39. The second kappa shape index (κ2) is 20.4. The van der Waals surface area contributed by atoms with Gasteiger partial charge >= 0.3 is 20.7 Å². The first-order valence-corrected chi connectivity index (χ1v) is 30.1. The topological polar surface area (TPSA) is 98.8 Å². The van der Waals surface area contributed by atoms with Gasteiger partial charge in [0, 0.05) is 12.3 Å². The van der Waals surface area contributed by atoms with Crippen LogP contribution in [0.5, 0.6) is 28.7 Å². The smallest absolute Gasteiger partial charge is 0.493 e. The van der Waals surface area contributed by atoms with E-state index in [0.717, 1.165) is 61.7 Å². The van der Waals surface area contributed by atoms with Gasteiger partial charge < -0.3 is 31.9 Å². The van der Waals surface area contributed by atoms with Gasteiger partial charge in [-0.05, 0) is 149 Å². The van der Waals surface area contributed by atoms with E-state index in [9.17, 15) is 9.59 Å². The number of rotatable bonds is 19. The Balaban J connectivity index is 1.08. The normalized spacial score (nSPS) is 14.3. The number of hydrogen-bond donors (Lipinski definition) is 0. The van der Waals surface area contributed by atoms with Crippen LogP contribution in [-0.4, -0.2) is 51.5 Å². The summed E-state index contributed by atoms with van der Waals surface area (Å²) in [5, 5.41) is 0. The maximum atomic E-state index is 12.9. The molecule has 0 amide bonds. The van der Waals surface area contributed by atoms with Crippen LogP contribution in [0.3, 0.4) is 0 Å². The minimum Gasteiger partial charge on any atom is -0.493 e. The van der Waals surface area contributed by atoms with Gasteiger partial charge in [0.05, 0.1) is 14.2 Å². The summed E-state index contributed by atoms with van der Waals surface area (Å²) in [5.74, 6) is 1.86. The van der Waals surface area contributed by atoms with Crippen LogP contribution in [0.4, 0.5) is 4.79 Å². The summed E-state index contributed by atoms with van der Waals surface area (Å²) in [6, 6.07) is 32.0. The lowest BCUT2D eigenvalue weighted by Crippen LogP contribution is -2.52. The average molecular weight is 857 g/mol. The Labute approximate surface area is 355 Å². The van der Waals surface area contributed by atoms with E-state index in [1.54, 1.807) is 26.4 Å². The summed E-state index contributed by atoms with van der Waals surface area (Å²) in [6.45, 7) is 14.9. The van der Waals surface area contributed by atoms with Crippen LogP contribution in [0.1, 0.15) is 74.1 Å². The minimum absolute atomic E-state index is 0.0209. The highest BCUT2D eigenvalue weighted by atomic mass is 28.5. The van der Waals surface area contributed by atoms with Gasteiger partial charge in [-0.3, -0.25) is 4.79 Å². The first-order chi connectivity index (χ1) is 28.0. The van der Waals surface area contributed by atoms with Crippen LogP contribution in [-0.2, 0) is 31.3 Å². The van der Waals surface area contributed by atoms with Crippen molar-refractivity contribution < 1.29 is 41.5 Å². The molecule has 1 saturated carbocycles. The summed E-state index contributed by atoms with van der Waals surface area (Å²) in [5.41, 5.74) is 4.80. The molecular weight excluding hydrogens is 793 g/mol. The van der Waals surface area contributed by atoms with E-state index in [2.05, 4.69) is 81.7 Å². The Morgan fingerprint density at radius 3 is 1.56 bits per heavy atom. The van der Waals surface area contributed by atoms with Crippen molar-refractivity contribution in [2.45, 2.75) is 121 Å². The van der Waals surface area contributed by atoms with Crippen LogP contribution in [0.15, 0.2) is 91.0 Å². The van der Waals surface area contributed by atoms with Crippen molar-refractivity contribution in [1.29, 1.82) is 0 Å². The molecule has 1 fully saturated rings. The van der Waals surface area contributed by atoms with Gasteiger partial charge in [-0.1, -0.05) is 73.9 Å². The van der Waals surface area contributed by atoms with Crippen molar-refractivity contribution >= 4 is 37.3 Å². The zero-order valence-electron chi connectivity index (χ0n) is 36.6. The van der Waals surface area contributed by atoms with Gasteiger partial charge in [-0.2, -0.15) is 0 Å². The van der Waals surface area contributed by atoms with E-state index in [4.69, 9.17) is 31.9 Å². The predicted molar refractivity (Wildman–Crippen MR) is 242 cm³/mol. The van der Waals surface area contributed by atoms with Crippen LogP contribution in [0.25, 0.3) is 0 Å². The molecule has 0 N–H and O–H groups in total. The minimum atomic E-state index is -2.39. The summed E-state index contributed by atoms with van der Waals surface area (Å²) in [7, 11) is -3.28. The SMILES string of the molecule is COc1cc(CCC[Si](C)(C)O[Si](C)(C)O[Si](C)(C)CCCc2ccc(OC(=O)Oc3ccc(C4(c5ccccc5)CCCCC4)cc3)c(OC)c2)ccc1OC(C)=O. The molecule has 1 aliphatic rings. The fourth-order valence-corrected chi connectivity index (χ4v) is 22.7. The fourth-order valence-electron chi connectivity index (χ4n) is 8.65. The lowest BCUT2D eigenvalue weighted by Gasteiger charge is -2.39. The molecule has 5 rings (SSSR count). The quantitative estimate of drug-likeness (QED) is 0.0395. The summed E-state index contributed by atoms with van der Waals surface area (Å²) >= 11 is 0. The molecule has 0 bridgehead atoms. The van der Waals surface area contributed by atoms with Gasteiger partial charge in [-0.15, -0.1) is 0 Å². The lowest BCUT2D eigenvalue weighted by atomic mass is 9.65. The lowest BCUT2D eigenvalue weighted by molar-refractivity contribution is -0.132. The number of carbonyl (C=O) groups excluding carboxylic acids is 2. The van der Waals surface area contributed by atoms with E-state index in [1.165, 1.54) is 37.3 Å². The number of hydrogen-bond acceptors (Lipinski definition) is 9. The largest absolute Gasteiger partial charge is 0.519 e. The number of aryl methyl sites for hydroxylation is 2. The van der Waals surface area contributed by atoms with Gasteiger partial charge in [0.15, 0.2) is 39.6 Å². The average Bonchev–Trinajstić information content (AvgIpc) is 3.18. The second-order valence-corrected chi connectivity index (χ2v) is 29.9. The molecule has 318 valence electrons. The highest BCUT2D eigenvalue weighted by molar-refractivity contribution is 6.87. The Hall–Kier alpha value is -4.21. The molecule has 4 aromatic rings. The number of benzene rings is 4. The zero-order valence-corrected chi connectivity index (χ0v) is 39.6. The van der Waals surface area contributed by atoms with Crippen LogP contribution in [0, 0.1) is 0 Å². The van der Waals surface area contributed by atoms with E-state index in [-0.39, 0.29) is 11.4 Å². The zero-order chi connectivity index (χ0) is 42.7. The van der Waals surface area contributed by atoms with E-state index in [0.29, 0.717) is 28.7 Å². The van der Waals surface area contributed by atoms with Crippen molar-refractivity contribution in [1.82, 2.24) is 0 Å². The highest BCUT2D eigenvalue weighted by Crippen LogP contribution is 2.45. The van der Waals surface area contributed by atoms with Crippen LogP contribution < -0.4 is 23.7 Å². The second-order valence-electron chi connectivity index (χ2n) is 17.4. The molecule has 0 atom stereocenters. The first-order valence-electron chi connectivity index (χ1n) is 21.0. The van der Waals surface area contributed by atoms with Crippen LogP contribution in [0.2, 0.25) is 51.4 Å². The van der Waals surface area contributed by atoms with E-state index >= 15 is 0 Å². The Morgan fingerprint density at radius 2 is 1.07 bits per heavy atom. The number of ether oxygens (including phenoxy) is 5. The van der Waals surface area contributed by atoms with Crippen molar-refractivity contribution in [2.24, 2.45) is 0 Å². The molecule has 0 spiro atoms. The van der Waals surface area contributed by atoms with Crippen molar-refractivity contribution in [3.63, 3.8) is 0 Å². The Morgan fingerprint density at radius 1 is 0.576 bits per heavy atom. The first kappa shape index (κ1) is 45.9. The monoisotopic (exact) mass is 856 g/mol. The third kappa shape index (κ3) is 13.4. The molecular formula is C47H64O9Si3. The molecule has 9 nitrogen and oxygen atoms in total. The van der Waals surface area contributed by atoms with Crippen molar-refractivity contribution in [3.8, 4) is 28.7 Å². The molecule has 0 aliphatic heterocycles. The predicted octanol–water partition coefficient (Wildman–Crippen LogP) is 12.2. The van der Waals surface area contributed by atoms with Gasteiger partial charge in [-0.25, -0.2) is 4.79 Å². The molecule has 12 heteroatoms. The Kier molecular flexibility index (Phi) is 15.8. The standard InChI is InChI=1S/C47H64O9Si3/c1-36(48)52-42-28-22-37(34-44(42)50-2)18-16-32-57(4,5)55-59(8,9)56-58(6,7)33-17-19-38-23-29-43(45(35-38)51-3)54-46(49)53-41-26-24-40(25-27-41)47(30-14-11-15-31-47)39-20-12-10-13-21-39/h10,12-13,20-29,34-35H,11,14-19,30-33H2,1-9H3. The molecule has 0 heterocycles. The number of methoxy groups -OCH3 is 2. The van der Waals surface area contributed by atoms with Gasteiger partial charge in [0.25, 0.3) is 0 Å². The Bertz CT molecular complexity index is 1990. The summed E-state index contributed by atoms with van der Waals surface area (Å²) in [6.07, 6.45) is 8.73. The van der Waals surface area contributed by atoms with Crippen molar-refractivity contribution in [2.75, 3.05) is 14.2 Å². The fraction of sp³-hybridized carbons (Fsp3) is 0.447. The van der Waals surface area contributed by atoms with Crippen LogP contribution >= 0.6 is 0 Å². The molecule has 0 radical (unpaired) electrons. The summed E-state index contributed by atoms with van der Waals surface area (Å²) < 4.78 is 41.3. The third-order valence-electron chi connectivity index (χ3n) is 11.1. The molecule has 0 saturated heterocycles.